The van der Waals surface area contributed by atoms with Gasteiger partial charge < -0.3 is 29.9 Å². The molecular formula is C24H31N7O4. The highest BCUT2D eigenvalue weighted by Crippen LogP contribution is 2.21. The van der Waals surface area contributed by atoms with Crippen LogP contribution in [0, 0.1) is 5.41 Å². The third kappa shape index (κ3) is 6.44. The molecular weight excluding hydrogens is 450 g/mol. The number of anilines is 2. The number of nitrogens with two attached hydrogens (primary N) is 1. The first-order valence-electron chi connectivity index (χ1n) is 11.6. The van der Waals surface area contributed by atoms with Crippen LogP contribution in [-0.4, -0.2) is 85.1 Å². The molecule has 2 saturated heterocycles. The fourth-order valence-corrected chi connectivity index (χ4v) is 4.09. The van der Waals surface area contributed by atoms with Gasteiger partial charge in [0.15, 0.2) is 0 Å². The molecule has 186 valence electrons. The predicted molar refractivity (Wildman–Crippen MR) is 130 cm³/mol. The molecule has 11 heteroatoms. The molecule has 4 rings (SSSR count). The number of ether oxygens (including phenoxy) is 2. The predicted octanol–water partition coefficient (Wildman–Crippen LogP) is 0.572. The number of amidine groups is 1. The molecule has 1 amide bonds. The van der Waals surface area contributed by atoms with Crippen molar-refractivity contribution in [1.82, 2.24) is 14.9 Å². The topological polar surface area (TPSA) is 138 Å². The van der Waals surface area contributed by atoms with E-state index in [9.17, 15) is 9.59 Å². The van der Waals surface area contributed by atoms with Gasteiger partial charge in [-0.05, 0) is 11.1 Å². The number of carbonyl (C=O) groups excluding carboxylic acids is 2. The van der Waals surface area contributed by atoms with Crippen molar-refractivity contribution in [2.75, 3.05) is 56.2 Å². The fraction of sp³-hybridized carbons (Fsp3) is 0.458. The number of nitrogens with zero attached hydrogens (tertiary/aromatic N) is 5. The summed E-state index contributed by atoms with van der Waals surface area (Å²) in [5.41, 5.74) is 7.82. The summed E-state index contributed by atoms with van der Waals surface area (Å²) in [4.78, 5) is 39.6. The number of nitrogens with one attached hydrogen (secondary N) is 1. The molecule has 0 saturated carbocycles. The van der Waals surface area contributed by atoms with E-state index in [-0.39, 0.29) is 37.3 Å². The van der Waals surface area contributed by atoms with Crippen LogP contribution in [0.5, 0.6) is 0 Å². The molecule has 0 atom stereocenters. The maximum absolute atomic E-state index is 12.9. The van der Waals surface area contributed by atoms with Crippen molar-refractivity contribution in [2.45, 2.75) is 25.6 Å². The minimum atomic E-state index is -0.544. The van der Waals surface area contributed by atoms with Gasteiger partial charge in [-0.2, -0.15) is 0 Å². The van der Waals surface area contributed by atoms with Crippen LogP contribution in [0.3, 0.4) is 0 Å². The Hall–Kier alpha value is -3.73. The van der Waals surface area contributed by atoms with E-state index in [4.69, 9.17) is 20.6 Å². The average molecular weight is 482 g/mol. The summed E-state index contributed by atoms with van der Waals surface area (Å²) in [6.07, 6.45) is 3.99. The Labute approximate surface area is 204 Å². The van der Waals surface area contributed by atoms with E-state index in [1.165, 1.54) is 0 Å². The molecule has 35 heavy (non-hydrogen) atoms. The van der Waals surface area contributed by atoms with E-state index in [1.54, 1.807) is 7.11 Å². The van der Waals surface area contributed by atoms with Crippen LogP contribution in [-0.2, 0) is 32.1 Å². The number of carbonyl (C=O) groups is 2. The molecule has 0 aliphatic carbocycles. The third-order valence-corrected chi connectivity index (χ3v) is 6.17. The van der Waals surface area contributed by atoms with Crippen molar-refractivity contribution < 1.29 is 19.1 Å². The van der Waals surface area contributed by atoms with Gasteiger partial charge in [0.1, 0.15) is 18.9 Å². The summed E-state index contributed by atoms with van der Waals surface area (Å²) in [5.74, 6) is 0.00243. The molecule has 0 unspecified atom stereocenters. The molecule has 0 radical (unpaired) electrons. The second-order valence-electron chi connectivity index (χ2n) is 8.73. The van der Waals surface area contributed by atoms with Crippen molar-refractivity contribution in [1.29, 1.82) is 5.41 Å². The van der Waals surface area contributed by atoms with Gasteiger partial charge in [-0.25, -0.2) is 9.97 Å². The molecule has 2 aromatic rings. The van der Waals surface area contributed by atoms with E-state index < -0.39 is 5.97 Å². The van der Waals surface area contributed by atoms with Gasteiger partial charge in [0.25, 0.3) is 0 Å². The van der Waals surface area contributed by atoms with Crippen molar-refractivity contribution >= 4 is 29.3 Å². The first-order valence-corrected chi connectivity index (χ1v) is 11.6. The standard InChI is InChI=1S/C24H31N7O4/c1-34-20-14-31(15-20)24-27-12-19(13-28-24)29-5-7-30(8-6-29)22(32)10-17-3-2-4-18(9-17)16-35-23(33)11-21(25)26/h2-4,9,12-13,20H,5-8,10-11,14-16H2,1H3,(H3,25,26). The molecule has 3 heterocycles. The van der Waals surface area contributed by atoms with E-state index >= 15 is 0 Å². The Kier molecular flexibility index (Phi) is 7.76. The van der Waals surface area contributed by atoms with Crippen LogP contribution < -0.4 is 15.5 Å². The number of piperazine rings is 1. The normalized spacial score (nSPS) is 16.1. The fourth-order valence-electron chi connectivity index (χ4n) is 4.09. The van der Waals surface area contributed by atoms with Gasteiger partial charge in [-0.3, -0.25) is 15.0 Å². The zero-order valence-corrected chi connectivity index (χ0v) is 19.9. The van der Waals surface area contributed by atoms with Crippen LogP contribution in [0.1, 0.15) is 17.5 Å². The number of hydrogen-bond acceptors (Lipinski definition) is 9. The van der Waals surface area contributed by atoms with Crippen LogP contribution in [0.25, 0.3) is 0 Å². The average Bonchev–Trinajstić information content (AvgIpc) is 2.82. The highest BCUT2D eigenvalue weighted by Gasteiger charge is 2.28. The molecule has 0 bridgehead atoms. The van der Waals surface area contributed by atoms with E-state index in [0.29, 0.717) is 19.0 Å². The number of benzene rings is 1. The van der Waals surface area contributed by atoms with Crippen LogP contribution >= 0.6 is 0 Å². The highest BCUT2D eigenvalue weighted by molar-refractivity contribution is 5.94. The van der Waals surface area contributed by atoms with E-state index in [1.807, 2.05) is 41.6 Å². The van der Waals surface area contributed by atoms with Crippen molar-refractivity contribution in [2.24, 2.45) is 5.73 Å². The summed E-state index contributed by atoms with van der Waals surface area (Å²) in [7, 11) is 1.71. The summed E-state index contributed by atoms with van der Waals surface area (Å²) < 4.78 is 10.4. The number of esters is 1. The van der Waals surface area contributed by atoms with Crippen molar-refractivity contribution in [3.63, 3.8) is 0 Å². The van der Waals surface area contributed by atoms with Gasteiger partial charge >= 0.3 is 5.97 Å². The molecule has 11 nitrogen and oxygen atoms in total. The number of aromatic nitrogens is 2. The number of rotatable bonds is 9. The van der Waals surface area contributed by atoms with Crippen LogP contribution in [0.4, 0.5) is 11.6 Å². The summed E-state index contributed by atoms with van der Waals surface area (Å²) >= 11 is 0. The largest absolute Gasteiger partial charge is 0.460 e. The minimum Gasteiger partial charge on any atom is -0.460 e. The maximum atomic E-state index is 12.9. The lowest BCUT2D eigenvalue weighted by Crippen LogP contribution is -2.52. The molecule has 0 spiro atoms. The Bertz CT molecular complexity index is 1050. The second kappa shape index (κ2) is 11.1. The van der Waals surface area contributed by atoms with E-state index in [2.05, 4.69) is 19.8 Å². The third-order valence-electron chi connectivity index (χ3n) is 6.17. The number of hydrogen-bond donors (Lipinski definition) is 2. The maximum Gasteiger partial charge on any atom is 0.313 e. The van der Waals surface area contributed by atoms with E-state index in [0.717, 1.165) is 43.0 Å². The highest BCUT2D eigenvalue weighted by atomic mass is 16.5. The zero-order valence-electron chi connectivity index (χ0n) is 19.9. The molecule has 2 aliphatic heterocycles. The first kappa shape index (κ1) is 24.4. The monoisotopic (exact) mass is 481 g/mol. The SMILES string of the molecule is COC1CN(c2ncc(N3CCN(C(=O)Cc4cccc(COC(=O)CC(=N)N)c4)CC3)cn2)C1. The second-order valence-corrected chi connectivity index (χ2v) is 8.73. The Morgan fingerprint density at radius 3 is 2.43 bits per heavy atom. The molecule has 1 aromatic heterocycles. The summed E-state index contributed by atoms with van der Waals surface area (Å²) in [6.45, 7) is 4.40. The van der Waals surface area contributed by atoms with Gasteiger partial charge in [-0.1, -0.05) is 24.3 Å². The number of methoxy groups -OCH3 is 1. The Morgan fingerprint density at radius 2 is 1.77 bits per heavy atom. The first-order chi connectivity index (χ1) is 16.9. The van der Waals surface area contributed by atoms with Crippen LogP contribution in [0.2, 0.25) is 0 Å². The van der Waals surface area contributed by atoms with Gasteiger partial charge in [0, 0.05) is 46.4 Å². The summed E-state index contributed by atoms with van der Waals surface area (Å²) in [6, 6.07) is 7.43. The quantitative estimate of drug-likeness (QED) is 0.299. The molecule has 2 fully saturated rings. The Morgan fingerprint density at radius 1 is 1.09 bits per heavy atom. The smallest absolute Gasteiger partial charge is 0.313 e. The lowest BCUT2D eigenvalue weighted by atomic mass is 10.1. The lowest BCUT2D eigenvalue weighted by molar-refractivity contribution is -0.143. The van der Waals surface area contributed by atoms with Gasteiger partial charge in [-0.15, -0.1) is 0 Å². The van der Waals surface area contributed by atoms with Crippen LogP contribution in [0.15, 0.2) is 36.7 Å². The van der Waals surface area contributed by atoms with Crippen molar-refractivity contribution in [3.05, 3.63) is 47.8 Å². The van der Waals surface area contributed by atoms with Crippen molar-refractivity contribution in [3.8, 4) is 0 Å². The molecule has 2 aliphatic rings. The minimum absolute atomic E-state index is 0.0625. The Balaban J connectivity index is 1.23. The molecule has 1 aromatic carbocycles. The molecule has 3 N–H and O–H groups in total. The summed E-state index contributed by atoms with van der Waals surface area (Å²) in [5, 5.41) is 7.14. The lowest BCUT2D eigenvalue weighted by Gasteiger charge is -2.38. The van der Waals surface area contributed by atoms with Gasteiger partial charge in [0.05, 0.1) is 30.6 Å². The number of amides is 1. The zero-order chi connectivity index (χ0) is 24.8. The van der Waals surface area contributed by atoms with Gasteiger partial charge in [0.2, 0.25) is 11.9 Å².